The van der Waals surface area contributed by atoms with Crippen molar-refractivity contribution < 1.29 is 9.53 Å². The van der Waals surface area contributed by atoms with Crippen LogP contribution in [0.2, 0.25) is 0 Å². The van der Waals surface area contributed by atoms with E-state index in [2.05, 4.69) is 13.8 Å². The Morgan fingerprint density at radius 1 is 0.724 bits per heavy atom. The molecule has 168 valence electrons. The maximum Gasteiger partial charge on any atom is 0.306 e. The lowest BCUT2D eigenvalue weighted by Crippen LogP contribution is -2.43. The predicted octanol–water partition coefficient (Wildman–Crippen LogP) is 8.08. The molecule has 0 heterocycles. The molecule has 2 nitrogen and oxygen atoms in total. The van der Waals surface area contributed by atoms with Gasteiger partial charge < -0.3 is 4.74 Å². The topological polar surface area (TPSA) is 26.3 Å². The van der Waals surface area contributed by atoms with Gasteiger partial charge in [-0.2, -0.15) is 0 Å². The maximum atomic E-state index is 12.3. The fourth-order valence-corrected chi connectivity index (χ4v) is 7.00. The summed E-state index contributed by atoms with van der Waals surface area (Å²) in [6.07, 6.45) is 23.5. The smallest absolute Gasteiger partial charge is 0.306 e. The minimum atomic E-state index is 0.0778. The highest BCUT2D eigenvalue weighted by Crippen LogP contribution is 2.53. The highest BCUT2D eigenvalue weighted by Gasteiger charge is 2.44. The quantitative estimate of drug-likeness (QED) is 0.257. The number of hydrogen-bond donors (Lipinski definition) is 0. The number of rotatable bonds is 11. The first-order valence-corrected chi connectivity index (χ1v) is 13.4. The van der Waals surface area contributed by atoms with Crippen LogP contribution in [0.25, 0.3) is 0 Å². The van der Waals surface area contributed by atoms with Crippen molar-refractivity contribution >= 4 is 5.97 Å². The average molecular weight is 405 g/mol. The molecule has 3 saturated carbocycles. The Kier molecular flexibility index (Phi) is 9.86. The van der Waals surface area contributed by atoms with Crippen molar-refractivity contribution in [1.29, 1.82) is 0 Å². The summed E-state index contributed by atoms with van der Waals surface area (Å²) in [5.41, 5.74) is 0. The summed E-state index contributed by atoms with van der Waals surface area (Å²) in [6.45, 7) is 4.58. The predicted molar refractivity (Wildman–Crippen MR) is 122 cm³/mol. The van der Waals surface area contributed by atoms with Gasteiger partial charge in [0.2, 0.25) is 0 Å². The summed E-state index contributed by atoms with van der Waals surface area (Å²) < 4.78 is 5.93. The number of unbranched alkanes of at least 4 members (excludes halogenated alkanes) is 6. The fourth-order valence-electron chi connectivity index (χ4n) is 7.00. The minimum absolute atomic E-state index is 0.0778. The summed E-state index contributed by atoms with van der Waals surface area (Å²) in [5, 5.41) is 0. The highest BCUT2D eigenvalue weighted by molar-refractivity contribution is 5.69. The molecule has 3 aliphatic rings. The summed E-state index contributed by atoms with van der Waals surface area (Å²) in [7, 11) is 0. The van der Waals surface area contributed by atoms with Crippen LogP contribution in [0.1, 0.15) is 129 Å². The molecule has 0 N–H and O–H groups in total. The van der Waals surface area contributed by atoms with E-state index in [4.69, 9.17) is 4.74 Å². The highest BCUT2D eigenvalue weighted by atomic mass is 16.5. The van der Waals surface area contributed by atoms with Crippen LogP contribution >= 0.6 is 0 Å². The number of ether oxygens (including phenoxy) is 1. The molecular formula is C27H48O2. The molecule has 3 fully saturated rings. The second-order valence-corrected chi connectivity index (χ2v) is 10.7. The van der Waals surface area contributed by atoms with Crippen molar-refractivity contribution in [2.75, 3.05) is 0 Å². The van der Waals surface area contributed by atoms with E-state index in [1.54, 1.807) is 0 Å². The van der Waals surface area contributed by atoms with E-state index in [0.717, 1.165) is 48.9 Å². The molecule has 0 bridgehead atoms. The van der Waals surface area contributed by atoms with Gasteiger partial charge in [-0.05, 0) is 81.0 Å². The largest absolute Gasteiger partial charge is 0.462 e. The van der Waals surface area contributed by atoms with Crippen molar-refractivity contribution in [3.05, 3.63) is 0 Å². The first kappa shape index (κ1) is 23.1. The van der Waals surface area contributed by atoms with E-state index < -0.39 is 0 Å². The van der Waals surface area contributed by atoms with Crippen LogP contribution in [0.3, 0.4) is 0 Å². The lowest BCUT2D eigenvalue weighted by atomic mass is 9.56. The monoisotopic (exact) mass is 404 g/mol. The van der Waals surface area contributed by atoms with Gasteiger partial charge in [-0.15, -0.1) is 0 Å². The molecule has 0 aromatic carbocycles. The molecule has 0 aliphatic heterocycles. The molecule has 0 amide bonds. The third-order valence-corrected chi connectivity index (χ3v) is 8.60. The zero-order valence-electron chi connectivity index (χ0n) is 19.5. The lowest BCUT2D eigenvalue weighted by Gasteiger charge is -2.50. The first-order chi connectivity index (χ1) is 14.2. The molecule has 0 saturated heterocycles. The molecular weight excluding hydrogens is 356 g/mol. The van der Waals surface area contributed by atoms with Gasteiger partial charge in [0.1, 0.15) is 6.10 Å². The molecule has 0 aromatic rings. The van der Waals surface area contributed by atoms with Gasteiger partial charge in [-0.25, -0.2) is 0 Å². The number of esters is 1. The van der Waals surface area contributed by atoms with Crippen molar-refractivity contribution in [3.8, 4) is 0 Å². The fraction of sp³-hybridized carbons (Fsp3) is 0.963. The Hall–Kier alpha value is -0.530. The van der Waals surface area contributed by atoms with Gasteiger partial charge >= 0.3 is 5.97 Å². The Morgan fingerprint density at radius 2 is 1.38 bits per heavy atom. The van der Waals surface area contributed by atoms with Crippen molar-refractivity contribution in [1.82, 2.24) is 0 Å². The van der Waals surface area contributed by atoms with Crippen LogP contribution in [0, 0.1) is 29.6 Å². The Labute approximate surface area is 180 Å². The zero-order valence-corrected chi connectivity index (χ0v) is 19.5. The third-order valence-electron chi connectivity index (χ3n) is 8.60. The normalized spacial score (nSPS) is 34.3. The van der Waals surface area contributed by atoms with Crippen molar-refractivity contribution in [2.45, 2.75) is 136 Å². The Bertz CT molecular complexity index is 473. The van der Waals surface area contributed by atoms with Crippen molar-refractivity contribution in [3.63, 3.8) is 0 Å². The number of carbonyl (C=O) groups is 1. The van der Waals surface area contributed by atoms with E-state index in [1.165, 1.54) is 89.9 Å². The maximum absolute atomic E-state index is 12.3. The summed E-state index contributed by atoms with van der Waals surface area (Å²) in [4.78, 5) is 12.3. The van der Waals surface area contributed by atoms with Gasteiger partial charge in [0, 0.05) is 6.42 Å². The van der Waals surface area contributed by atoms with E-state index in [0.29, 0.717) is 6.42 Å². The molecule has 29 heavy (non-hydrogen) atoms. The molecule has 2 heteroatoms. The molecule has 3 aliphatic carbocycles. The van der Waals surface area contributed by atoms with Gasteiger partial charge in [-0.3, -0.25) is 4.79 Å². The molecule has 3 rings (SSSR count). The molecule has 0 spiro atoms. The van der Waals surface area contributed by atoms with Crippen LogP contribution in [-0.2, 0) is 9.53 Å². The third kappa shape index (κ3) is 7.00. The van der Waals surface area contributed by atoms with Crippen LogP contribution in [-0.4, -0.2) is 12.1 Å². The summed E-state index contributed by atoms with van der Waals surface area (Å²) >= 11 is 0. The van der Waals surface area contributed by atoms with E-state index in [9.17, 15) is 4.79 Å². The average Bonchev–Trinajstić information content (AvgIpc) is 2.74. The van der Waals surface area contributed by atoms with Gasteiger partial charge in [0.25, 0.3) is 0 Å². The van der Waals surface area contributed by atoms with E-state index >= 15 is 0 Å². The first-order valence-electron chi connectivity index (χ1n) is 13.4. The number of carbonyl (C=O) groups excluding carboxylic acids is 1. The van der Waals surface area contributed by atoms with E-state index in [1.807, 2.05) is 0 Å². The second-order valence-electron chi connectivity index (χ2n) is 10.7. The molecule has 4 unspecified atom stereocenters. The molecule has 0 aromatic heterocycles. The van der Waals surface area contributed by atoms with Crippen LogP contribution in [0.4, 0.5) is 0 Å². The Morgan fingerprint density at radius 3 is 2.14 bits per heavy atom. The number of fused-ring (bicyclic) bond motifs is 3. The molecule has 0 radical (unpaired) electrons. The van der Waals surface area contributed by atoms with Gasteiger partial charge in [-0.1, -0.05) is 71.6 Å². The molecule has 6 atom stereocenters. The SMILES string of the molecule is CCCCCCCCC(=O)O[C@H]1CCC2C(CCC3C[C@@H](CCCC)CCC32)C1. The van der Waals surface area contributed by atoms with Gasteiger partial charge in [0.05, 0.1) is 0 Å². The van der Waals surface area contributed by atoms with Crippen molar-refractivity contribution in [2.24, 2.45) is 29.6 Å². The lowest BCUT2D eigenvalue weighted by molar-refractivity contribution is -0.153. The Balaban J connectivity index is 1.35. The van der Waals surface area contributed by atoms with E-state index in [-0.39, 0.29) is 12.1 Å². The summed E-state index contributed by atoms with van der Waals surface area (Å²) in [6, 6.07) is 0. The van der Waals surface area contributed by atoms with Crippen LogP contribution in [0.5, 0.6) is 0 Å². The number of hydrogen-bond acceptors (Lipinski definition) is 2. The van der Waals surface area contributed by atoms with Crippen LogP contribution in [0.15, 0.2) is 0 Å². The second kappa shape index (κ2) is 12.4. The zero-order chi connectivity index (χ0) is 20.5. The van der Waals surface area contributed by atoms with Gasteiger partial charge in [0.15, 0.2) is 0 Å². The summed E-state index contributed by atoms with van der Waals surface area (Å²) in [5.74, 6) is 4.88. The van der Waals surface area contributed by atoms with Crippen LogP contribution < -0.4 is 0 Å². The minimum Gasteiger partial charge on any atom is -0.462 e. The standard InChI is InChI=1S/C27H48O2/c1-3-5-7-8-9-10-12-27(28)29-24-16-18-26-23(20-24)15-14-22-19-21(11-6-4-2)13-17-25(22)26/h21-26H,3-20H2,1-2H3/t21-,22?,23?,24-,25?,26?/m0/s1.